The molecular weight excluding hydrogens is 272 g/mol. The van der Waals surface area contributed by atoms with Crippen LogP contribution < -0.4 is 5.32 Å². The SMILES string of the molecule is CCCN(C(=O)CC(CC)c1ccccc1)C1CCNCC1. The molecule has 1 saturated heterocycles. The molecule has 0 bridgehead atoms. The molecule has 1 amide bonds. The van der Waals surface area contributed by atoms with Gasteiger partial charge in [0.05, 0.1) is 0 Å². The van der Waals surface area contributed by atoms with Crippen LogP contribution in [0.3, 0.4) is 0 Å². The molecule has 1 N–H and O–H groups in total. The quantitative estimate of drug-likeness (QED) is 0.835. The van der Waals surface area contributed by atoms with Crippen LogP contribution >= 0.6 is 0 Å². The van der Waals surface area contributed by atoms with E-state index in [9.17, 15) is 4.79 Å². The van der Waals surface area contributed by atoms with Crippen LogP contribution in [0.1, 0.15) is 57.4 Å². The maximum atomic E-state index is 12.9. The van der Waals surface area contributed by atoms with E-state index in [-0.39, 0.29) is 0 Å². The molecule has 0 aromatic heterocycles. The number of amides is 1. The number of rotatable bonds is 7. The highest BCUT2D eigenvalue weighted by molar-refractivity contribution is 5.77. The number of nitrogens with one attached hydrogen (secondary N) is 1. The molecule has 0 spiro atoms. The van der Waals surface area contributed by atoms with Crippen molar-refractivity contribution < 1.29 is 4.79 Å². The number of carbonyl (C=O) groups excluding carboxylic acids is 1. The van der Waals surface area contributed by atoms with E-state index in [1.807, 2.05) is 6.07 Å². The van der Waals surface area contributed by atoms with E-state index in [0.29, 0.717) is 24.3 Å². The first kappa shape index (κ1) is 17.0. The number of benzene rings is 1. The molecular formula is C19H30N2O. The summed E-state index contributed by atoms with van der Waals surface area (Å²) in [4.78, 5) is 15.0. The Kier molecular flexibility index (Phi) is 6.91. The van der Waals surface area contributed by atoms with Crippen molar-refractivity contribution in [1.82, 2.24) is 10.2 Å². The third-order valence-corrected chi connectivity index (χ3v) is 4.72. The first-order valence-electron chi connectivity index (χ1n) is 8.81. The van der Waals surface area contributed by atoms with E-state index in [4.69, 9.17) is 0 Å². The maximum absolute atomic E-state index is 12.9. The largest absolute Gasteiger partial charge is 0.340 e. The van der Waals surface area contributed by atoms with Gasteiger partial charge in [0.25, 0.3) is 0 Å². The molecule has 22 heavy (non-hydrogen) atoms. The third-order valence-electron chi connectivity index (χ3n) is 4.72. The van der Waals surface area contributed by atoms with Gasteiger partial charge in [0.1, 0.15) is 0 Å². The van der Waals surface area contributed by atoms with Gasteiger partial charge in [0.2, 0.25) is 5.91 Å². The van der Waals surface area contributed by atoms with Crippen molar-refractivity contribution in [2.45, 2.75) is 57.9 Å². The molecule has 0 aliphatic carbocycles. The molecule has 1 aliphatic heterocycles. The molecule has 0 saturated carbocycles. The van der Waals surface area contributed by atoms with Crippen LogP contribution in [-0.4, -0.2) is 36.5 Å². The van der Waals surface area contributed by atoms with E-state index < -0.39 is 0 Å². The summed E-state index contributed by atoms with van der Waals surface area (Å²) in [5.74, 6) is 0.680. The zero-order chi connectivity index (χ0) is 15.8. The lowest BCUT2D eigenvalue weighted by molar-refractivity contribution is -0.134. The lowest BCUT2D eigenvalue weighted by Crippen LogP contribution is -2.46. The topological polar surface area (TPSA) is 32.3 Å². The second-order valence-electron chi connectivity index (χ2n) is 6.29. The summed E-state index contributed by atoms with van der Waals surface area (Å²) in [7, 11) is 0. The lowest BCUT2D eigenvalue weighted by Gasteiger charge is -2.35. The maximum Gasteiger partial charge on any atom is 0.223 e. The van der Waals surface area contributed by atoms with Crippen molar-refractivity contribution in [1.29, 1.82) is 0 Å². The standard InChI is InChI=1S/C19H30N2O/c1-3-14-21(18-10-12-20-13-11-18)19(22)15-16(4-2)17-8-6-5-7-9-17/h5-9,16,18,20H,3-4,10-15H2,1-2H3. The first-order chi connectivity index (χ1) is 10.8. The van der Waals surface area contributed by atoms with Crippen LogP contribution in [0.25, 0.3) is 0 Å². The first-order valence-corrected chi connectivity index (χ1v) is 8.81. The summed E-state index contributed by atoms with van der Waals surface area (Å²) >= 11 is 0. The van der Waals surface area contributed by atoms with Gasteiger partial charge in [-0.1, -0.05) is 44.2 Å². The highest BCUT2D eigenvalue weighted by Gasteiger charge is 2.26. The fourth-order valence-electron chi connectivity index (χ4n) is 3.42. The molecule has 1 aromatic rings. The van der Waals surface area contributed by atoms with Gasteiger partial charge in [0.15, 0.2) is 0 Å². The minimum absolute atomic E-state index is 0.337. The van der Waals surface area contributed by atoms with Gasteiger partial charge in [-0.2, -0.15) is 0 Å². The van der Waals surface area contributed by atoms with E-state index in [1.165, 1.54) is 5.56 Å². The van der Waals surface area contributed by atoms with Gasteiger partial charge in [-0.15, -0.1) is 0 Å². The average Bonchev–Trinajstić information content (AvgIpc) is 2.59. The molecule has 2 rings (SSSR count). The summed E-state index contributed by atoms with van der Waals surface area (Å²) in [5.41, 5.74) is 1.29. The number of piperidine rings is 1. The summed E-state index contributed by atoms with van der Waals surface area (Å²) in [5, 5.41) is 3.39. The van der Waals surface area contributed by atoms with Crippen molar-refractivity contribution in [2.75, 3.05) is 19.6 Å². The zero-order valence-corrected chi connectivity index (χ0v) is 14.1. The average molecular weight is 302 g/mol. The molecule has 122 valence electrons. The molecule has 3 heteroatoms. The smallest absolute Gasteiger partial charge is 0.223 e. The Bertz CT molecular complexity index is 440. The van der Waals surface area contributed by atoms with Crippen LogP contribution in [0.2, 0.25) is 0 Å². The molecule has 0 radical (unpaired) electrons. The predicted molar refractivity (Wildman–Crippen MR) is 92.0 cm³/mol. The second kappa shape index (κ2) is 8.94. The summed E-state index contributed by atoms with van der Waals surface area (Å²) in [6.07, 6.45) is 4.88. The van der Waals surface area contributed by atoms with E-state index in [0.717, 1.165) is 45.3 Å². The Hall–Kier alpha value is -1.35. The highest BCUT2D eigenvalue weighted by Crippen LogP contribution is 2.25. The molecule has 1 atom stereocenters. The molecule has 1 aromatic carbocycles. The number of hydrogen-bond acceptors (Lipinski definition) is 2. The Labute approximate surface area is 135 Å². The normalized spacial score (nSPS) is 17.2. The van der Waals surface area contributed by atoms with Gasteiger partial charge >= 0.3 is 0 Å². The monoisotopic (exact) mass is 302 g/mol. The second-order valence-corrected chi connectivity index (χ2v) is 6.29. The lowest BCUT2D eigenvalue weighted by atomic mass is 9.92. The van der Waals surface area contributed by atoms with E-state index in [2.05, 4.69) is 48.3 Å². The number of carbonyl (C=O) groups is 1. The van der Waals surface area contributed by atoms with Crippen LogP contribution in [0.15, 0.2) is 30.3 Å². The van der Waals surface area contributed by atoms with Gasteiger partial charge in [0, 0.05) is 19.0 Å². The summed E-state index contributed by atoms with van der Waals surface area (Å²) in [6, 6.07) is 10.9. The minimum Gasteiger partial charge on any atom is -0.340 e. The fourth-order valence-corrected chi connectivity index (χ4v) is 3.42. The predicted octanol–water partition coefficient (Wildman–Crippen LogP) is 3.56. The molecule has 1 unspecified atom stereocenters. The van der Waals surface area contributed by atoms with Crippen molar-refractivity contribution in [2.24, 2.45) is 0 Å². The van der Waals surface area contributed by atoms with E-state index in [1.54, 1.807) is 0 Å². The highest BCUT2D eigenvalue weighted by atomic mass is 16.2. The van der Waals surface area contributed by atoms with Gasteiger partial charge in [-0.3, -0.25) is 4.79 Å². The molecule has 1 aliphatic rings. The number of nitrogens with zero attached hydrogens (tertiary/aromatic N) is 1. The van der Waals surface area contributed by atoms with Crippen LogP contribution in [0.5, 0.6) is 0 Å². The van der Waals surface area contributed by atoms with Gasteiger partial charge in [-0.25, -0.2) is 0 Å². The van der Waals surface area contributed by atoms with Crippen molar-refractivity contribution in [3.8, 4) is 0 Å². The van der Waals surface area contributed by atoms with E-state index >= 15 is 0 Å². The van der Waals surface area contributed by atoms with Gasteiger partial charge < -0.3 is 10.2 Å². The van der Waals surface area contributed by atoms with Crippen molar-refractivity contribution in [3.05, 3.63) is 35.9 Å². The molecule has 3 nitrogen and oxygen atoms in total. The Morgan fingerprint density at radius 1 is 1.23 bits per heavy atom. The van der Waals surface area contributed by atoms with Crippen LogP contribution in [-0.2, 0) is 4.79 Å². The van der Waals surface area contributed by atoms with Crippen molar-refractivity contribution in [3.63, 3.8) is 0 Å². The summed E-state index contributed by atoms with van der Waals surface area (Å²) < 4.78 is 0. The van der Waals surface area contributed by atoms with Crippen molar-refractivity contribution >= 4 is 5.91 Å². The summed E-state index contributed by atoms with van der Waals surface area (Å²) in [6.45, 7) is 7.31. The Morgan fingerprint density at radius 3 is 2.50 bits per heavy atom. The third kappa shape index (κ3) is 4.57. The minimum atomic E-state index is 0.337. The van der Waals surface area contributed by atoms with Crippen LogP contribution in [0, 0.1) is 0 Å². The molecule has 1 heterocycles. The van der Waals surface area contributed by atoms with Crippen LogP contribution in [0.4, 0.5) is 0 Å². The Balaban J connectivity index is 2.02. The Morgan fingerprint density at radius 2 is 1.91 bits per heavy atom. The molecule has 1 fully saturated rings. The van der Waals surface area contributed by atoms with Gasteiger partial charge in [-0.05, 0) is 50.3 Å². The fraction of sp³-hybridized carbons (Fsp3) is 0.632. The number of hydrogen-bond donors (Lipinski definition) is 1. The zero-order valence-electron chi connectivity index (χ0n) is 14.1.